The van der Waals surface area contributed by atoms with E-state index in [1.54, 1.807) is 6.07 Å². The van der Waals surface area contributed by atoms with Crippen LogP contribution in [0.25, 0.3) is 11.4 Å². The highest BCUT2D eigenvalue weighted by atomic mass is 16.5. The first-order valence-corrected chi connectivity index (χ1v) is 5.87. The van der Waals surface area contributed by atoms with E-state index in [0.29, 0.717) is 17.1 Å². The van der Waals surface area contributed by atoms with Crippen LogP contribution in [-0.4, -0.2) is 16.1 Å². The minimum atomic E-state index is -0.452. The van der Waals surface area contributed by atoms with Crippen LogP contribution in [0, 0.1) is 11.3 Å². The zero-order valence-corrected chi connectivity index (χ0v) is 10.7. The Morgan fingerprint density at radius 2 is 2.11 bits per heavy atom. The van der Waals surface area contributed by atoms with E-state index in [1.807, 2.05) is 38.1 Å². The Bertz CT molecular complexity index is 684. The molecule has 0 bridgehead atoms. The van der Waals surface area contributed by atoms with Gasteiger partial charge in [0.05, 0.1) is 17.9 Å². The van der Waals surface area contributed by atoms with Crippen LogP contribution in [0.1, 0.15) is 19.4 Å². The van der Waals surface area contributed by atoms with Gasteiger partial charge in [-0.3, -0.25) is 4.79 Å². The molecule has 1 aromatic heterocycles. The third-order valence-corrected chi connectivity index (χ3v) is 2.42. The number of nitriles is 1. The van der Waals surface area contributed by atoms with E-state index in [4.69, 9.17) is 10.00 Å². The fourth-order valence-corrected chi connectivity index (χ4v) is 1.63. The number of rotatable bonds is 3. The Morgan fingerprint density at radius 3 is 2.74 bits per heavy atom. The molecular formula is C14H13N3O2. The summed E-state index contributed by atoms with van der Waals surface area (Å²) in [5.41, 5.74) is 0.232. The molecule has 0 aliphatic rings. The van der Waals surface area contributed by atoms with Crippen molar-refractivity contribution in [1.29, 1.82) is 5.26 Å². The lowest BCUT2D eigenvalue weighted by molar-refractivity contribution is 0.243. The highest BCUT2D eigenvalue weighted by Gasteiger charge is 2.10. The fourth-order valence-electron chi connectivity index (χ4n) is 1.63. The smallest absolute Gasteiger partial charge is 0.269 e. The van der Waals surface area contributed by atoms with E-state index in [1.165, 1.54) is 6.20 Å². The van der Waals surface area contributed by atoms with Crippen molar-refractivity contribution in [2.45, 2.75) is 20.0 Å². The zero-order valence-electron chi connectivity index (χ0n) is 10.7. The number of aromatic nitrogens is 2. The maximum Gasteiger partial charge on any atom is 0.269 e. The molecule has 0 aliphatic heterocycles. The number of nitrogens with one attached hydrogen (secondary N) is 1. The molecule has 0 saturated heterocycles. The number of hydrogen-bond donors (Lipinski definition) is 1. The van der Waals surface area contributed by atoms with Gasteiger partial charge in [0.25, 0.3) is 5.56 Å². The zero-order chi connectivity index (χ0) is 13.8. The molecule has 5 nitrogen and oxygen atoms in total. The number of aromatic amines is 1. The van der Waals surface area contributed by atoms with Crippen LogP contribution >= 0.6 is 0 Å². The topological polar surface area (TPSA) is 78.8 Å². The van der Waals surface area contributed by atoms with Crippen LogP contribution < -0.4 is 10.3 Å². The predicted molar refractivity (Wildman–Crippen MR) is 70.8 cm³/mol. The summed E-state index contributed by atoms with van der Waals surface area (Å²) in [5, 5.41) is 8.72. The summed E-state index contributed by atoms with van der Waals surface area (Å²) in [4.78, 5) is 18.3. The van der Waals surface area contributed by atoms with Gasteiger partial charge in [0.2, 0.25) is 0 Å². The van der Waals surface area contributed by atoms with Gasteiger partial charge in [-0.1, -0.05) is 12.1 Å². The molecule has 1 N–H and O–H groups in total. The molecule has 96 valence electrons. The molecule has 0 atom stereocenters. The summed E-state index contributed by atoms with van der Waals surface area (Å²) in [6, 6.07) is 9.09. The van der Waals surface area contributed by atoms with Gasteiger partial charge in [-0.25, -0.2) is 4.98 Å². The minimum absolute atomic E-state index is 0.00832. The number of ether oxygens (including phenoxy) is 1. The lowest BCUT2D eigenvalue weighted by Crippen LogP contribution is -2.13. The molecule has 0 amide bonds. The van der Waals surface area contributed by atoms with Crippen LogP contribution in [0.2, 0.25) is 0 Å². The van der Waals surface area contributed by atoms with Crippen molar-refractivity contribution in [2.75, 3.05) is 0 Å². The Kier molecular flexibility index (Phi) is 3.62. The standard InChI is InChI=1S/C14H13N3O2/c1-9(2)19-12-6-4-3-5-11(12)13-16-8-10(7-15)14(18)17-13/h3-6,8-9H,1-2H3,(H,16,17,18). The predicted octanol–water partition coefficient (Wildman–Crippen LogP) is 2.10. The fraction of sp³-hybridized carbons (Fsp3) is 0.214. The second kappa shape index (κ2) is 5.36. The normalized spacial score (nSPS) is 10.2. The highest BCUT2D eigenvalue weighted by molar-refractivity contribution is 5.63. The van der Waals surface area contributed by atoms with Gasteiger partial charge in [0.15, 0.2) is 0 Å². The van der Waals surface area contributed by atoms with Crippen molar-refractivity contribution in [1.82, 2.24) is 9.97 Å². The van der Waals surface area contributed by atoms with E-state index in [9.17, 15) is 4.79 Å². The summed E-state index contributed by atoms with van der Waals surface area (Å²) < 4.78 is 5.67. The molecule has 0 aliphatic carbocycles. The molecule has 0 unspecified atom stereocenters. The van der Waals surface area contributed by atoms with Crippen molar-refractivity contribution in [3.8, 4) is 23.2 Å². The van der Waals surface area contributed by atoms with Gasteiger partial charge in [0, 0.05) is 0 Å². The van der Waals surface area contributed by atoms with Crippen molar-refractivity contribution in [2.24, 2.45) is 0 Å². The van der Waals surface area contributed by atoms with Gasteiger partial charge < -0.3 is 9.72 Å². The maximum atomic E-state index is 11.6. The quantitative estimate of drug-likeness (QED) is 0.910. The molecular weight excluding hydrogens is 242 g/mol. The van der Waals surface area contributed by atoms with Gasteiger partial charge in [-0.15, -0.1) is 0 Å². The van der Waals surface area contributed by atoms with Gasteiger partial charge in [-0.05, 0) is 26.0 Å². The van der Waals surface area contributed by atoms with Crippen molar-refractivity contribution >= 4 is 0 Å². The average molecular weight is 255 g/mol. The lowest BCUT2D eigenvalue weighted by atomic mass is 10.2. The Labute approximate surface area is 110 Å². The van der Waals surface area contributed by atoms with E-state index < -0.39 is 5.56 Å². The number of para-hydroxylation sites is 1. The molecule has 1 heterocycles. The van der Waals surface area contributed by atoms with Gasteiger partial charge >= 0.3 is 0 Å². The van der Waals surface area contributed by atoms with Gasteiger partial charge in [0.1, 0.15) is 23.2 Å². The molecule has 19 heavy (non-hydrogen) atoms. The largest absolute Gasteiger partial charge is 0.490 e. The summed E-state index contributed by atoms with van der Waals surface area (Å²) in [7, 11) is 0. The molecule has 5 heteroatoms. The Morgan fingerprint density at radius 1 is 1.37 bits per heavy atom. The van der Waals surface area contributed by atoms with Crippen LogP contribution in [0.15, 0.2) is 35.3 Å². The Hall–Kier alpha value is -2.61. The number of hydrogen-bond acceptors (Lipinski definition) is 4. The Balaban J connectivity index is 2.50. The van der Waals surface area contributed by atoms with E-state index in [-0.39, 0.29) is 11.7 Å². The molecule has 1 aromatic carbocycles. The van der Waals surface area contributed by atoms with Crippen molar-refractivity contribution < 1.29 is 4.74 Å². The van der Waals surface area contributed by atoms with Crippen LogP contribution in [0.5, 0.6) is 5.75 Å². The SMILES string of the molecule is CC(C)Oc1ccccc1-c1ncc(C#N)c(=O)[nH]1. The first kappa shape index (κ1) is 12.8. The number of nitrogens with zero attached hydrogens (tertiary/aromatic N) is 2. The van der Waals surface area contributed by atoms with E-state index in [2.05, 4.69) is 9.97 Å². The molecule has 0 saturated carbocycles. The summed E-state index contributed by atoms with van der Waals surface area (Å²) in [5.74, 6) is 1.03. The second-order valence-corrected chi connectivity index (χ2v) is 4.25. The van der Waals surface area contributed by atoms with Crippen LogP contribution in [0.3, 0.4) is 0 Å². The first-order chi connectivity index (χ1) is 9.11. The van der Waals surface area contributed by atoms with Crippen LogP contribution in [-0.2, 0) is 0 Å². The third-order valence-electron chi connectivity index (χ3n) is 2.42. The first-order valence-electron chi connectivity index (χ1n) is 5.87. The minimum Gasteiger partial charge on any atom is -0.490 e. The molecule has 0 spiro atoms. The lowest BCUT2D eigenvalue weighted by Gasteiger charge is -2.13. The summed E-state index contributed by atoms with van der Waals surface area (Å²) in [6.45, 7) is 3.84. The van der Waals surface area contributed by atoms with E-state index in [0.717, 1.165) is 0 Å². The van der Waals surface area contributed by atoms with Crippen molar-refractivity contribution in [3.05, 3.63) is 46.4 Å². The molecule has 0 radical (unpaired) electrons. The maximum absolute atomic E-state index is 11.6. The molecule has 0 fully saturated rings. The molecule has 2 aromatic rings. The summed E-state index contributed by atoms with van der Waals surface area (Å²) in [6.07, 6.45) is 1.28. The van der Waals surface area contributed by atoms with Gasteiger partial charge in [-0.2, -0.15) is 5.26 Å². The number of benzene rings is 1. The summed E-state index contributed by atoms with van der Waals surface area (Å²) >= 11 is 0. The van der Waals surface area contributed by atoms with E-state index >= 15 is 0 Å². The second-order valence-electron chi connectivity index (χ2n) is 4.25. The van der Waals surface area contributed by atoms with Crippen molar-refractivity contribution in [3.63, 3.8) is 0 Å². The number of H-pyrrole nitrogens is 1. The molecule has 2 rings (SSSR count). The highest BCUT2D eigenvalue weighted by Crippen LogP contribution is 2.27. The third kappa shape index (κ3) is 2.80. The monoisotopic (exact) mass is 255 g/mol. The average Bonchev–Trinajstić information content (AvgIpc) is 2.38. The van der Waals surface area contributed by atoms with Crippen LogP contribution in [0.4, 0.5) is 0 Å².